The van der Waals surface area contributed by atoms with Crippen LogP contribution in [0.4, 0.5) is 4.79 Å². The van der Waals surface area contributed by atoms with Crippen molar-refractivity contribution in [2.24, 2.45) is 0 Å². The molecule has 1 amide bonds. The SMILES string of the molecule is C[Si](C)(C)C#CC(=O)[C@@H]1CCCN1C(=O)O. The molecule has 1 saturated heterocycles. The van der Waals surface area contributed by atoms with E-state index in [0.29, 0.717) is 13.0 Å². The molecule has 1 atom stereocenters. The van der Waals surface area contributed by atoms with Crippen molar-refractivity contribution in [2.75, 3.05) is 6.54 Å². The maximum absolute atomic E-state index is 11.8. The van der Waals surface area contributed by atoms with Crippen molar-refractivity contribution in [3.8, 4) is 11.5 Å². The summed E-state index contributed by atoms with van der Waals surface area (Å²) in [5.74, 6) is 2.37. The number of carboxylic acid groups (broad SMARTS) is 1. The minimum atomic E-state index is -1.57. The van der Waals surface area contributed by atoms with Crippen molar-refractivity contribution < 1.29 is 14.7 Å². The van der Waals surface area contributed by atoms with Gasteiger partial charge in [0, 0.05) is 6.54 Å². The molecule has 0 spiro atoms. The van der Waals surface area contributed by atoms with E-state index in [2.05, 4.69) is 31.1 Å². The van der Waals surface area contributed by atoms with Crippen LogP contribution in [0.2, 0.25) is 19.6 Å². The van der Waals surface area contributed by atoms with Gasteiger partial charge in [0.1, 0.15) is 14.1 Å². The van der Waals surface area contributed by atoms with Crippen LogP contribution in [-0.2, 0) is 4.79 Å². The Kier molecular flexibility index (Phi) is 3.76. The van der Waals surface area contributed by atoms with Gasteiger partial charge in [0.15, 0.2) is 0 Å². The highest BCUT2D eigenvalue weighted by molar-refractivity contribution is 6.84. The van der Waals surface area contributed by atoms with Gasteiger partial charge in [0.25, 0.3) is 0 Å². The number of amides is 1. The Morgan fingerprint density at radius 3 is 2.50 bits per heavy atom. The Hall–Kier alpha value is -1.28. The van der Waals surface area contributed by atoms with Gasteiger partial charge < -0.3 is 5.11 Å². The molecule has 1 N–H and O–H groups in total. The van der Waals surface area contributed by atoms with Gasteiger partial charge in [0.2, 0.25) is 5.78 Å². The summed E-state index contributed by atoms with van der Waals surface area (Å²) < 4.78 is 0. The number of ketones is 1. The van der Waals surface area contributed by atoms with E-state index < -0.39 is 20.2 Å². The summed E-state index contributed by atoms with van der Waals surface area (Å²) in [6.07, 6.45) is 0.328. The third-order valence-electron chi connectivity index (χ3n) is 2.36. The lowest BCUT2D eigenvalue weighted by Crippen LogP contribution is -2.39. The monoisotopic (exact) mass is 239 g/mol. The van der Waals surface area contributed by atoms with Crippen molar-refractivity contribution in [1.82, 2.24) is 4.90 Å². The number of Topliss-reactive ketones (excluding diaryl/α,β-unsaturated/α-hetero) is 1. The number of carbonyl (C=O) groups is 2. The van der Waals surface area contributed by atoms with Crippen molar-refractivity contribution in [2.45, 2.75) is 38.5 Å². The first-order chi connectivity index (χ1) is 7.31. The molecular formula is C11H17NO3Si. The smallest absolute Gasteiger partial charge is 0.407 e. The summed E-state index contributed by atoms with van der Waals surface area (Å²) in [5.41, 5.74) is 2.98. The Morgan fingerprint density at radius 1 is 1.38 bits per heavy atom. The highest BCUT2D eigenvalue weighted by Crippen LogP contribution is 2.17. The molecule has 88 valence electrons. The molecule has 0 aromatic rings. The van der Waals surface area contributed by atoms with Gasteiger partial charge in [-0.25, -0.2) is 4.79 Å². The first-order valence-corrected chi connectivity index (χ1v) is 8.88. The number of rotatable bonds is 1. The minimum absolute atomic E-state index is 0.248. The predicted molar refractivity (Wildman–Crippen MR) is 63.9 cm³/mol. The maximum Gasteiger partial charge on any atom is 0.407 e. The minimum Gasteiger partial charge on any atom is -0.465 e. The molecule has 1 fully saturated rings. The molecule has 1 rings (SSSR count). The van der Waals surface area contributed by atoms with Crippen molar-refractivity contribution >= 4 is 20.0 Å². The normalized spacial score (nSPS) is 20.2. The number of carbonyl (C=O) groups excluding carboxylic acids is 1. The zero-order chi connectivity index (χ0) is 12.3. The predicted octanol–water partition coefficient (Wildman–Crippen LogP) is 1.58. The molecule has 0 bridgehead atoms. The Labute approximate surface area is 96.6 Å². The second-order valence-corrected chi connectivity index (χ2v) is 9.75. The van der Waals surface area contributed by atoms with E-state index in [4.69, 9.17) is 5.11 Å². The lowest BCUT2D eigenvalue weighted by atomic mass is 10.1. The summed E-state index contributed by atoms with van der Waals surface area (Å²) in [6, 6.07) is -0.540. The van der Waals surface area contributed by atoms with E-state index in [0.717, 1.165) is 6.42 Å². The third kappa shape index (κ3) is 3.38. The van der Waals surface area contributed by atoms with Crippen LogP contribution >= 0.6 is 0 Å². The van der Waals surface area contributed by atoms with E-state index >= 15 is 0 Å². The fraction of sp³-hybridized carbons (Fsp3) is 0.636. The quantitative estimate of drug-likeness (QED) is 0.558. The molecule has 0 unspecified atom stereocenters. The molecule has 0 radical (unpaired) electrons. The zero-order valence-corrected chi connectivity index (χ0v) is 10.9. The van der Waals surface area contributed by atoms with Crippen LogP contribution in [0.15, 0.2) is 0 Å². The fourth-order valence-corrected chi connectivity index (χ4v) is 2.10. The molecule has 0 saturated carbocycles. The fourth-order valence-electron chi connectivity index (χ4n) is 1.60. The van der Waals surface area contributed by atoms with Crippen LogP contribution in [0.3, 0.4) is 0 Å². The van der Waals surface area contributed by atoms with Gasteiger partial charge in [0.05, 0.1) is 0 Å². The Morgan fingerprint density at radius 2 is 2.00 bits per heavy atom. The van der Waals surface area contributed by atoms with Crippen molar-refractivity contribution in [3.63, 3.8) is 0 Å². The van der Waals surface area contributed by atoms with Crippen LogP contribution in [0.5, 0.6) is 0 Å². The lowest BCUT2D eigenvalue weighted by molar-refractivity contribution is -0.117. The topological polar surface area (TPSA) is 57.6 Å². The van der Waals surface area contributed by atoms with Crippen LogP contribution in [-0.4, -0.2) is 42.5 Å². The van der Waals surface area contributed by atoms with E-state index in [1.807, 2.05) is 0 Å². The summed E-state index contributed by atoms with van der Waals surface area (Å²) >= 11 is 0. The summed E-state index contributed by atoms with van der Waals surface area (Å²) in [6.45, 7) is 6.60. The zero-order valence-electron chi connectivity index (χ0n) is 9.91. The molecule has 0 aromatic carbocycles. The van der Waals surface area contributed by atoms with Crippen LogP contribution in [0.25, 0.3) is 0 Å². The van der Waals surface area contributed by atoms with E-state index in [1.54, 1.807) is 0 Å². The Bertz CT molecular complexity index is 362. The third-order valence-corrected chi connectivity index (χ3v) is 3.24. The first kappa shape index (κ1) is 12.8. The van der Waals surface area contributed by atoms with Gasteiger partial charge in [-0.2, -0.15) is 0 Å². The largest absolute Gasteiger partial charge is 0.465 e. The molecule has 1 heterocycles. The van der Waals surface area contributed by atoms with Crippen LogP contribution in [0, 0.1) is 11.5 Å². The highest BCUT2D eigenvalue weighted by atomic mass is 28.3. The van der Waals surface area contributed by atoms with Gasteiger partial charge in [-0.3, -0.25) is 9.69 Å². The average Bonchev–Trinajstić information content (AvgIpc) is 2.61. The molecule has 16 heavy (non-hydrogen) atoms. The molecule has 4 nitrogen and oxygen atoms in total. The van der Waals surface area contributed by atoms with E-state index in [9.17, 15) is 9.59 Å². The molecule has 0 aliphatic carbocycles. The van der Waals surface area contributed by atoms with Gasteiger partial charge in [-0.15, -0.1) is 5.54 Å². The highest BCUT2D eigenvalue weighted by Gasteiger charge is 2.33. The number of likely N-dealkylation sites (tertiary alicyclic amines) is 1. The van der Waals surface area contributed by atoms with Crippen molar-refractivity contribution in [1.29, 1.82) is 0 Å². The van der Waals surface area contributed by atoms with Gasteiger partial charge in [-0.05, 0) is 18.8 Å². The van der Waals surface area contributed by atoms with Gasteiger partial charge >= 0.3 is 6.09 Å². The summed E-state index contributed by atoms with van der Waals surface area (Å²) in [7, 11) is -1.57. The molecule has 1 aliphatic rings. The Balaban J connectivity index is 2.73. The lowest BCUT2D eigenvalue weighted by Gasteiger charge is -2.17. The standard InChI is InChI=1S/C11H17NO3Si/c1-16(2,3)8-6-10(13)9-5-4-7-12(9)11(14)15/h9H,4-5,7H2,1-3H3,(H,14,15)/t9-/m0/s1. The van der Waals surface area contributed by atoms with Crippen LogP contribution in [0.1, 0.15) is 12.8 Å². The second kappa shape index (κ2) is 4.70. The second-order valence-electron chi connectivity index (χ2n) is 5.00. The molecular weight excluding hydrogens is 222 g/mol. The van der Waals surface area contributed by atoms with Gasteiger partial charge in [-0.1, -0.05) is 19.6 Å². The summed E-state index contributed by atoms with van der Waals surface area (Å²) in [5, 5.41) is 8.89. The maximum atomic E-state index is 11.8. The number of hydrogen-bond donors (Lipinski definition) is 1. The van der Waals surface area contributed by atoms with E-state index in [1.165, 1.54) is 4.90 Å². The van der Waals surface area contributed by atoms with E-state index in [-0.39, 0.29) is 5.78 Å². The summed E-state index contributed by atoms with van der Waals surface area (Å²) in [4.78, 5) is 23.8. The van der Waals surface area contributed by atoms with Crippen molar-refractivity contribution in [3.05, 3.63) is 0 Å². The molecule has 0 aromatic heterocycles. The molecule has 5 heteroatoms. The number of nitrogens with zero attached hydrogens (tertiary/aromatic N) is 1. The number of hydrogen-bond acceptors (Lipinski definition) is 2. The molecule has 1 aliphatic heterocycles. The first-order valence-electron chi connectivity index (χ1n) is 5.38. The van der Waals surface area contributed by atoms with Crippen LogP contribution < -0.4 is 0 Å². The average molecular weight is 239 g/mol.